The third-order valence-corrected chi connectivity index (χ3v) is 6.26. The molecular weight excluding hydrogens is 271 g/mol. The van der Waals surface area contributed by atoms with Gasteiger partial charge < -0.3 is 9.30 Å². The van der Waals surface area contributed by atoms with Gasteiger partial charge >= 0.3 is 5.97 Å². The van der Waals surface area contributed by atoms with Crippen LogP contribution in [0.4, 0.5) is 0 Å². The summed E-state index contributed by atoms with van der Waals surface area (Å²) < 4.78 is 17.8. The minimum atomic E-state index is -2.34. The van der Waals surface area contributed by atoms with Gasteiger partial charge in [0.15, 0.2) is 0 Å². The molecule has 0 aliphatic rings. The van der Waals surface area contributed by atoms with Gasteiger partial charge in [0.2, 0.25) is 0 Å². The minimum Gasteiger partial charge on any atom is -0.465 e. The molecule has 0 amide bonds. The molecule has 0 aliphatic carbocycles. The van der Waals surface area contributed by atoms with Crippen molar-refractivity contribution in [2.45, 2.75) is 33.6 Å². The first-order chi connectivity index (χ1) is 9.29. The van der Waals surface area contributed by atoms with Crippen LogP contribution in [0.1, 0.15) is 33.6 Å². The van der Waals surface area contributed by atoms with E-state index < -0.39 is 12.6 Å². The van der Waals surface area contributed by atoms with Gasteiger partial charge in [-0.05, 0) is 33.4 Å². The second kappa shape index (κ2) is 7.08. The molecule has 0 spiro atoms. The summed E-state index contributed by atoms with van der Waals surface area (Å²) in [6.45, 7) is 7.86. The third kappa shape index (κ3) is 4.79. The Morgan fingerprint density at radius 1 is 1.25 bits per heavy atom. The number of hydrogen-bond donors (Lipinski definition) is 0. The van der Waals surface area contributed by atoms with Crippen LogP contribution in [0.5, 0.6) is 0 Å². The molecule has 1 aromatic carbocycles. The third-order valence-electron chi connectivity index (χ3n) is 3.70. The SMILES string of the molecule is CCC(C)(C)C(=O)OCCCP(C)(=O)c1ccccc1. The average Bonchev–Trinajstić information content (AvgIpc) is 2.44. The minimum absolute atomic E-state index is 0.175. The molecular formula is C16H25O3P. The zero-order valence-corrected chi connectivity index (χ0v) is 13.8. The Morgan fingerprint density at radius 2 is 1.85 bits per heavy atom. The lowest BCUT2D eigenvalue weighted by atomic mass is 9.91. The number of hydrogen-bond acceptors (Lipinski definition) is 3. The first-order valence-electron chi connectivity index (χ1n) is 7.09. The molecule has 0 heterocycles. The highest BCUT2D eigenvalue weighted by Crippen LogP contribution is 2.40. The Hall–Kier alpha value is -1.08. The zero-order valence-electron chi connectivity index (χ0n) is 12.9. The maximum atomic E-state index is 12.6. The van der Waals surface area contributed by atoms with Crippen LogP contribution in [-0.2, 0) is 14.1 Å². The smallest absolute Gasteiger partial charge is 0.311 e. The van der Waals surface area contributed by atoms with Gasteiger partial charge in [-0.25, -0.2) is 0 Å². The van der Waals surface area contributed by atoms with Crippen molar-refractivity contribution in [2.24, 2.45) is 5.41 Å². The molecule has 0 aliphatic heterocycles. The van der Waals surface area contributed by atoms with E-state index in [1.54, 1.807) is 6.66 Å². The van der Waals surface area contributed by atoms with Crippen molar-refractivity contribution in [1.82, 2.24) is 0 Å². The summed E-state index contributed by atoms with van der Waals surface area (Å²) >= 11 is 0. The van der Waals surface area contributed by atoms with Crippen LogP contribution in [0.25, 0.3) is 0 Å². The molecule has 1 rings (SSSR count). The van der Waals surface area contributed by atoms with Gasteiger partial charge in [-0.1, -0.05) is 37.3 Å². The second-order valence-corrected chi connectivity index (χ2v) is 9.05. The fraction of sp³-hybridized carbons (Fsp3) is 0.562. The average molecular weight is 296 g/mol. The molecule has 0 fully saturated rings. The fourth-order valence-corrected chi connectivity index (χ4v) is 3.54. The van der Waals surface area contributed by atoms with Crippen molar-refractivity contribution in [3.8, 4) is 0 Å². The van der Waals surface area contributed by atoms with Crippen LogP contribution in [0.3, 0.4) is 0 Å². The van der Waals surface area contributed by atoms with Gasteiger partial charge in [-0.15, -0.1) is 0 Å². The molecule has 3 nitrogen and oxygen atoms in total. The van der Waals surface area contributed by atoms with E-state index in [9.17, 15) is 9.36 Å². The summed E-state index contributed by atoms with van der Waals surface area (Å²) in [5.74, 6) is -0.175. The Labute approximate surface area is 122 Å². The molecule has 0 N–H and O–H groups in total. The highest BCUT2D eigenvalue weighted by molar-refractivity contribution is 7.70. The first kappa shape index (κ1) is 17.0. The summed E-state index contributed by atoms with van der Waals surface area (Å²) in [5, 5.41) is 0.889. The quantitative estimate of drug-likeness (QED) is 0.438. The lowest BCUT2D eigenvalue weighted by Gasteiger charge is -2.20. The molecule has 112 valence electrons. The number of carbonyl (C=O) groups excluding carboxylic acids is 1. The summed E-state index contributed by atoms with van der Waals surface area (Å²) in [6.07, 6.45) is 1.95. The van der Waals surface area contributed by atoms with Gasteiger partial charge in [0.25, 0.3) is 0 Å². The molecule has 0 aromatic heterocycles. The van der Waals surface area contributed by atoms with E-state index in [1.807, 2.05) is 51.1 Å². The number of benzene rings is 1. The van der Waals surface area contributed by atoms with Crippen LogP contribution in [0.15, 0.2) is 30.3 Å². The molecule has 1 unspecified atom stereocenters. The highest BCUT2D eigenvalue weighted by atomic mass is 31.2. The van der Waals surface area contributed by atoms with Crippen LogP contribution < -0.4 is 5.30 Å². The van der Waals surface area contributed by atoms with Crippen molar-refractivity contribution in [3.63, 3.8) is 0 Å². The van der Waals surface area contributed by atoms with Gasteiger partial charge in [-0.2, -0.15) is 0 Å². The van der Waals surface area contributed by atoms with E-state index in [1.165, 1.54) is 0 Å². The Bertz CT molecular complexity index is 480. The summed E-state index contributed by atoms with van der Waals surface area (Å²) in [4.78, 5) is 11.8. The van der Waals surface area contributed by atoms with Crippen LogP contribution in [0, 0.1) is 5.41 Å². The van der Waals surface area contributed by atoms with Crippen molar-refractivity contribution in [1.29, 1.82) is 0 Å². The van der Waals surface area contributed by atoms with Crippen molar-refractivity contribution < 1.29 is 14.1 Å². The van der Waals surface area contributed by atoms with Crippen LogP contribution in [0.2, 0.25) is 0 Å². The monoisotopic (exact) mass is 296 g/mol. The molecule has 0 saturated heterocycles. The Morgan fingerprint density at radius 3 is 2.40 bits per heavy atom. The van der Waals surface area contributed by atoms with Crippen molar-refractivity contribution in [2.75, 3.05) is 19.4 Å². The largest absolute Gasteiger partial charge is 0.465 e. The van der Waals surface area contributed by atoms with Crippen molar-refractivity contribution in [3.05, 3.63) is 30.3 Å². The van der Waals surface area contributed by atoms with E-state index in [4.69, 9.17) is 4.74 Å². The molecule has 0 saturated carbocycles. The lowest BCUT2D eigenvalue weighted by molar-refractivity contribution is -0.154. The number of ether oxygens (including phenoxy) is 1. The van der Waals surface area contributed by atoms with Crippen molar-refractivity contribution >= 4 is 18.4 Å². The predicted molar refractivity (Wildman–Crippen MR) is 84.1 cm³/mol. The lowest BCUT2D eigenvalue weighted by Crippen LogP contribution is -2.26. The maximum Gasteiger partial charge on any atom is 0.311 e. The summed E-state index contributed by atoms with van der Waals surface area (Å²) in [6, 6.07) is 9.50. The molecule has 0 bridgehead atoms. The Balaban J connectivity index is 2.42. The summed E-state index contributed by atoms with van der Waals surface area (Å²) in [5.41, 5.74) is -0.435. The predicted octanol–water partition coefficient (Wildman–Crippen LogP) is 3.67. The first-order valence-corrected chi connectivity index (χ1v) is 9.43. The standard InChI is InChI=1S/C16H25O3P/c1-5-16(2,3)15(17)19-12-9-13-20(4,18)14-10-7-6-8-11-14/h6-8,10-11H,5,9,12-13H2,1-4H3. The van der Waals surface area contributed by atoms with E-state index in [2.05, 4.69) is 0 Å². The molecule has 20 heavy (non-hydrogen) atoms. The summed E-state index contributed by atoms with van der Waals surface area (Å²) in [7, 11) is -2.34. The Kier molecular flexibility index (Phi) is 6.01. The molecule has 0 radical (unpaired) electrons. The molecule has 4 heteroatoms. The fourth-order valence-electron chi connectivity index (χ4n) is 1.74. The maximum absolute atomic E-state index is 12.6. The highest BCUT2D eigenvalue weighted by Gasteiger charge is 2.27. The normalized spacial score (nSPS) is 14.6. The van der Waals surface area contributed by atoms with Crippen LogP contribution in [-0.4, -0.2) is 25.4 Å². The topological polar surface area (TPSA) is 43.4 Å². The van der Waals surface area contributed by atoms with Gasteiger partial charge in [0.1, 0.15) is 7.14 Å². The molecule has 1 atom stereocenters. The number of carbonyl (C=O) groups is 1. The van der Waals surface area contributed by atoms with E-state index in [-0.39, 0.29) is 5.97 Å². The van der Waals surface area contributed by atoms with Gasteiger partial charge in [-0.3, -0.25) is 4.79 Å². The van der Waals surface area contributed by atoms with E-state index in [0.29, 0.717) is 19.2 Å². The van der Waals surface area contributed by atoms with Gasteiger partial charge in [0, 0.05) is 11.5 Å². The van der Waals surface area contributed by atoms with E-state index >= 15 is 0 Å². The van der Waals surface area contributed by atoms with Gasteiger partial charge in [0.05, 0.1) is 12.0 Å². The number of rotatable bonds is 7. The van der Waals surface area contributed by atoms with Crippen LogP contribution >= 0.6 is 7.14 Å². The molecule has 1 aromatic rings. The zero-order chi connectivity index (χ0) is 15.2. The number of esters is 1. The van der Waals surface area contributed by atoms with E-state index in [0.717, 1.165) is 11.7 Å². The second-order valence-electron chi connectivity index (χ2n) is 5.89.